The van der Waals surface area contributed by atoms with Gasteiger partial charge >= 0.3 is 5.97 Å². The van der Waals surface area contributed by atoms with E-state index in [-0.39, 0.29) is 30.3 Å². The summed E-state index contributed by atoms with van der Waals surface area (Å²) < 4.78 is 23.9. The van der Waals surface area contributed by atoms with Crippen LogP contribution in [-0.2, 0) is 16.0 Å². The number of carbonyl (C=O) groups is 1. The Labute approximate surface area is 126 Å². The van der Waals surface area contributed by atoms with Gasteiger partial charge in [0.2, 0.25) is 0 Å². The lowest BCUT2D eigenvalue weighted by atomic mass is 10.2. The molecular formula is C15H13ClFNO3. The fraction of sp³-hybridized carbons (Fsp3) is 0.200. The maximum absolute atomic E-state index is 13.6. The summed E-state index contributed by atoms with van der Waals surface area (Å²) >= 11 is 5.49. The molecular weight excluding hydrogens is 297 g/mol. The predicted molar refractivity (Wildman–Crippen MR) is 76.2 cm³/mol. The molecule has 0 saturated carbocycles. The summed E-state index contributed by atoms with van der Waals surface area (Å²) in [6.45, 7) is 3.39. The van der Waals surface area contributed by atoms with Crippen molar-refractivity contribution in [2.24, 2.45) is 0 Å². The number of hydrogen-bond donors (Lipinski definition) is 0. The number of halogens is 2. The molecule has 0 unspecified atom stereocenters. The van der Waals surface area contributed by atoms with Crippen LogP contribution in [0.5, 0.6) is 0 Å². The van der Waals surface area contributed by atoms with Crippen LogP contribution in [0.3, 0.4) is 0 Å². The van der Waals surface area contributed by atoms with E-state index in [4.69, 9.17) is 20.8 Å². The van der Waals surface area contributed by atoms with E-state index in [1.807, 2.05) is 0 Å². The van der Waals surface area contributed by atoms with Crippen LogP contribution in [0.15, 0.2) is 46.5 Å². The molecule has 0 spiro atoms. The van der Waals surface area contributed by atoms with Crippen molar-refractivity contribution in [3.8, 4) is 11.3 Å². The van der Waals surface area contributed by atoms with Gasteiger partial charge in [0.15, 0.2) is 11.7 Å². The van der Waals surface area contributed by atoms with E-state index in [1.165, 1.54) is 12.3 Å². The largest absolute Gasteiger partial charge is 0.460 e. The summed E-state index contributed by atoms with van der Waals surface area (Å²) in [5, 5.41) is 0.251. The average molecular weight is 310 g/mol. The van der Waals surface area contributed by atoms with E-state index in [2.05, 4.69) is 11.6 Å². The Balaban J connectivity index is 1.93. The zero-order valence-electron chi connectivity index (χ0n) is 11.1. The Kier molecular flexibility index (Phi) is 5.11. The molecule has 1 aromatic carbocycles. The number of benzene rings is 1. The molecule has 0 aliphatic heterocycles. The van der Waals surface area contributed by atoms with Crippen molar-refractivity contribution in [2.75, 3.05) is 6.61 Å². The van der Waals surface area contributed by atoms with Gasteiger partial charge in [-0.3, -0.25) is 4.79 Å². The van der Waals surface area contributed by atoms with E-state index in [9.17, 15) is 9.18 Å². The van der Waals surface area contributed by atoms with Crippen molar-refractivity contribution >= 4 is 17.6 Å². The molecule has 0 radical (unpaired) electrons. The maximum atomic E-state index is 13.6. The summed E-state index contributed by atoms with van der Waals surface area (Å²) in [4.78, 5) is 15.4. The first-order valence-corrected chi connectivity index (χ1v) is 6.62. The summed E-state index contributed by atoms with van der Waals surface area (Å²) in [5.74, 6) is -0.150. The number of aromatic nitrogens is 1. The van der Waals surface area contributed by atoms with Gasteiger partial charge in [-0.25, -0.2) is 9.37 Å². The molecule has 6 heteroatoms. The topological polar surface area (TPSA) is 52.3 Å². The average Bonchev–Trinajstić information content (AvgIpc) is 2.92. The van der Waals surface area contributed by atoms with E-state index < -0.39 is 5.97 Å². The first-order chi connectivity index (χ1) is 10.1. The SMILES string of the molecule is C=C(Cl)COC(=O)CCc1ncc(-c2ccccc2F)o1. The number of rotatable bonds is 6. The van der Waals surface area contributed by atoms with Gasteiger partial charge in [0.25, 0.3) is 0 Å². The highest BCUT2D eigenvalue weighted by Crippen LogP contribution is 2.23. The molecule has 2 rings (SSSR count). The minimum absolute atomic E-state index is 0.0214. The second-order valence-corrected chi connectivity index (χ2v) is 4.81. The highest BCUT2D eigenvalue weighted by Gasteiger charge is 2.12. The minimum atomic E-state index is -0.428. The van der Waals surface area contributed by atoms with E-state index in [0.29, 0.717) is 17.2 Å². The first kappa shape index (κ1) is 15.3. The molecule has 21 heavy (non-hydrogen) atoms. The number of hydrogen-bond acceptors (Lipinski definition) is 4. The van der Waals surface area contributed by atoms with Crippen LogP contribution in [0.2, 0.25) is 0 Å². The fourth-order valence-corrected chi connectivity index (χ4v) is 1.71. The second-order valence-electron chi connectivity index (χ2n) is 4.28. The molecule has 2 aromatic rings. The van der Waals surface area contributed by atoms with Gasteiger partial charge in [0.1, 0.15) is 12.4 Å². The van der Waals surface area contributed by atoms with Crippen LogP contribution in [0.25, 0.3) is 11.3 Å². The maximum Gasteiger partial charge on any atom is 0.306 e. The van der Waals surface area contributed by atoms with Gasteiger partial charge < -0.3 is 9.15 Å². The Hall–Kier alpha value is -2.14. The number of esters is 1. The molecule has 1 heterocycles. The van der Waals surface area contributed by atoms with Gasteiger partial charge in [-0.1, -0.05) is 30.3 Å². The number of ether oxygens (including phenoxy) is 1. The van der Waals surface area contributed by atoms with Crippen LogP contribution >= 0.6 is 11.6 Å². The monoisotopic (exact) mass is 309 g/mol. The molecule has 0 aliphatic rings. The molecule has 4 nitrogen and oxygen atoms in total. The quantitative estimate of drug-likeness (QED) is 0.763. The zero-order valence-corrected chi connectivity index (χ0v) is 11.9. The number of aryl methyl sites for hydroxylation is 1. The molecule has 0 aliphatic carbocycles. The third-order valence-electron chi connectivity index (χ3n) is 2.63. The molecule has 0 atom stereocenters. The van der Waals surface area contributed by atoms with Crippen molar-refractivity contribution in [3.63, 3.8) is 0 Å². The van der Waals surface area contributed by atoms with Crippen LogP contribution < -0.4 is 0 Å². The Morgan fingerprint density at radius 3 is 2.90 bits per heavy atom. The predicted octanol–water partition coefficient (Wildman–Crippen LogP) is 3.71. The summed E-state index contributed by atoms with van der Waals surface area (Å²) in [7, 11) is 0. The number of carbonyl (C=O) groups excluding carboxylic acids is 1. The molecule has 0 fully saturated rings. The lowest BCUT2D eigenvalue weighted by Gasteiger charge is -2.01. The van der Waals surface area contributed by atoms with Crippen molar-refractivity contribution < 1.29 is 18.3 Å². The van der Waals surface area contributed by atoms with Crippen molar-refractivity contribution in [2.45, 2.75) is 12.8 Å². The highest BCUT2D eigenvalue weighted by molar-refractivity contribution is 6.29. The van der Waals surface area contributed by atoms with Gasteiger partial charge in [-0.05, 0) is 12.1 Å². The smallest absolute Gasteiger partial charge is 0.306 e. The third-order valence-corrected chi connectivity index (χ3v) is 2.73. The second kappa shape index (κ2) is 7.04. The molecule has 0 saturated heterocycles. The normalized spacial score (nSPS) is 10.4. The summed E-state index contributed by atoms with van der Waals surface area (Å²) in [5.41, 5.74) is 0.331. The standard InChI is InChI=1S/C15H13ClFNO3/c1-10(16)9-20-15(19)7-6-14-18-8-13(21-14)11-4-2-3-5-12(11)17/h2-5,8H,1,6-7,9H2. The van der Waals surface area contributed by atoms with Gasteiger partial charge in [-0.2, -0.15) is 0 Å². The molecule has 110 valence electrons. The summed E-state index contributed by atoms with van der Waals surface area (Å²) in [6, 6.07) is 6.24. The lowest BCUT2D eigenvalue weighted by Crippen LogP contribution is -2.06. The third kappa shape index (κ3) is 4.43. The minimum Gasteiger partial charge on any atom is -0.460 e. The highest BCUT2D eigenvalue weighted by atomic mass is 35.5. The lowest BCUT2D eigenvalue weighted by molar-refractivity contribution is -0.142. The van der Waals surface area contributed by atoms with Crippen molar-refractivity contribution in [1.29, 1.82) is 0 Å². The molecule has 0 amide bonds. The summed E-state index contributed by atoms with van der Waals surface area (Å²) in [6.07, 6.45) is 1.79. The Morgan fingerprint density at radius 1 is 1.43 bits per heavy atom. The van der Waals surface area contributed by atoms with Crippen molar-refractivity contribution in [1.82, 2.24) is 4.98 Å². The van der Waals surface area contributed by atoms with Gasteiger partial charge in [0.05, 0.1) is 18.2 Å². The van der Waals surface area contributed by atoms with Crippen LogP contribution in [0.1, 0.15) is 12.3 Å². The fourth-order valence-electron chi connectivity index (χ4n) is 1.65. The van der Waals surface area contributed by atoms with Crippen LogP contribution in [0.4, 0.5) is 4.39 Å². The zero-order chi connectivity index (χ0) is 15.2. The number of oxazole rings is 1. The Morgan fingerprint density at radius 2 is 2.19 bits per heavy atom. The first-order valence-electron chi connectivity index (χ1n) is 6.25. The van der Waals surface area contributed by atoms with E-state index >= 15 is 0 Å². The molecule has 0 bridgehead atoms. The van der Waals surface area contributed by atoms with E-state index in [0.717, 1.165) is 0 Å². The van der Waals surface area contributed by atoms with Gasteiger partial charge in [0, 0.05) is 11.5 Å². The Bertz CT molecular complexity index is 654. The van der Waals surface area contributed by atoms with Gasteiger partial charge in [-0.15, -0.1) is 0 Å². The van der Waals surface area contributed by atoms with Crippen LogP contribution in [-0.4, -0.2) is 17.6 Å². The number of nitrogens with zero attached hydrogens (tertiary/aromatic N) is 1. The van der Waals surface area contributed by atoms with E-state index in [1.54, 1.807) is 18.2 Å². The van der Waals surface area contributed by atoms with Crippen molar-refractivity contribution in [3.05, 3.63) is 53.8 Å². The van der Waals surface area contributed by atoms with Crippen LogP contribution in [0, 0.1) is 5.82 Å². The molecule has 1 aromatic heterocycles. The molecule has 0 N–H and O–H groups in total.